The second-order valence-corrected chi connectivity index (χ2v) is 6.30. The Bertz CT molecular complexity index is 724. The molecule has 0 aromatic heterocycles. The molecule has 0 spiro atoms. The van der Waals surface area contributed by atoms with Gasteiger partial charge in [-0.3, -0.25) is 9.59 Å². The number of thioether (sulfide) groups is 1. The second-order valence-electron chi connectivity index (χ2n) is 4.85. The van der Waals surface area contributed by atoms with Gasteiger partial charge in [-0.1, -0.05) is 23.7 Å². The molecule has 2 aromatic carbocycles. The molecule has 1 N–H and O–H groups in total. The topological polar surface area (TPSA) is 55.4 Å². The molecule has 0 unspecified atom stereocenters. The van der Waals surface area contributed by atoms with Crippen molar-refractivity contribution >= 4 is 40.9 Å². The van der Waals surface area contributed by atoms with E-state index in [4.69, 9.17) is 16.3 Å². The van der Waals surface area contributed by atoms with Crippen LogP contribution in [0.25, 0.3) is 0 Å². The number of amides is 1. The average Bonchev–Trinajstić information content (AvgIpc) is 2.56. The Morgan fingerprint density at radius 1 is 1.21 bits per heavy atom. The van der Waals surface area contributed by atoms with Crippen molar-refractivity contribution in [3.05, 3.63) is 59.4 Å². The fourth-order valence-corrected chi connectivity index (χ4v) is 2.61. The SMILES string of the molecule is C[C@H](OC(=O)CSc1ccccc1F)C(=O)Nc1ccc(Cl)cc1. The Hall–Kier alpha value is -2.05. The number of anilines is 1. The zero-order valence-corrected chi connectivity index (χ0v) is 14.4. The van der Waals surface area contributed by atoms with Crippen molar-refractivity contribution in [1.29, 1.82) is 0 Å². The van der Waals surface area contributed by atoms with Crippen molar-refractivity contribution in [3.63, 3.8) is 0 Å². The summed E-state index contributed by atoms with van der Waals surface area (Å²) in [6.07, 6.45) is -0.964. The lowest BCUT2D eigenvalue weighted by Gasteiger charge is -2.13. The fraction of sp³-hybridized carbons (Fsp3) is 0.176. The molecule has 2 aromatic rings. The van der Waals surface area contributed by atoms with Crippen LogP contribution < -0.4 is 5.32 Å². The minimum Gasteiger partial charge on any atom is -0.452 e. The average molecular weight is 368 g/mol. The summed E-state index contributed by atoms with van der Waals surface area (Å²) in [6, 6.07) is 12.7. The van der Waals surface area contributed by atoms with Crippen LogP contribution in [0.5, 0.6) is 0 Å². The highest BCUT2D eigenvalue weighted by molar-refractivity contribution is 8.00. The minimum atomic E-state index is -0.964. The quantitative estimate of drug-likeness (QED) is 0.615. The molecule has 7 heteroatoms. The number of rotatable bonds is 6. The molecule has 0 saturated heterocycles. The normalized spacial score (nSPS) is 11.6. The van der Waals surface area contributed by atoms with E-state index in [1.165, 1.54) is 13.0 Å². The van der Waals surface area contributed by atoms with Crippen molar-refractivity contribution in [2.75, 3.05) is 11.1 Å². The standard InChI is InChI=1S/C17H15ClFNO3S/c1-11(17(22)20-13-8-6-12(18)7-9-13)23-16(21)10-24-15-5-3-2-4-14(15)19/h2-9,11H,10H2,1H3,(H,20,22)/t11-/m0/s1. The molecule has 0 fully saturated rings. The van der Waals surface area contributed by atoms with Crippen molar-refractivity contribution in [2.45, 2.75) is 17.9 Å². The van der Waals surface area contributed by atoms with E-state index in [0.29, 0.717) is 15.6 Å². The predicted molar refractivity (Wildman–Crippen MR) is 92.8 cm³/mol. The molecule has 0 heterocycles. The lowest BCUT2D eigenvalue weighted by Crippen LogP contribution is -2.30. The molecule has 0 saturated carbocycles. The predicted octanol–water partition coefficient (Wildman–Crippen LogP) is 4.14. The third-order valence-electron chi connectivity index (χ3n) is 2.97. The maximum Gasteiger partial charge on any atom is 0.317 e. The highest BCUT2D eigenvalue weighted by Gasteiger charge is 2.18. The van der Waals surface area contributed by atoms with Crippen LogP contribution in [0.1, 0.15) is 6.92 Å². The van der Waals surface area contributed by atoms with Crippen LogP contribution >= 0.6 is 23.4 Å². The van der Waals surface area contributed by atoms with E-state index >= 15 is 0 Å². The summed E-state index contributed by atoms with van der Waals surface area (Å²) in [5, 5.41) is 3.17. The Kier molecular flexibility index (Phi) is 6.63. The Morgan fingerprint density at radius 3 is 2.54 bits per heavy atom. The maximum atomic E-state index is 13.5. The lowest BCUT2D eigenvalue weighted by atomic mass is 10.3. The van der Waals surface area contributed by atoms with Gasteiger partial charge in [0.05, 0.1) is 5.75 Å². The number of nitrogens with one attached hydrogen (secondary N) is 1. The summed E-state index contributed by atoms with van der Waals surface area (Å²) in [5.74, 6) is -1.54. The first-order chi connectivity index (χ1) is 11.5. The first-order valence-electron chi connectivity index (χ1n) is 7.09. The summed E-state index contributed by atoms with van der Waals surface area (Å²) >= 11 is 6.78. The summed E-state index contributed by atoms with van der Waals surface area (Å²) in [5.41, 5.74) is 0.549. The smallest absolute Gasteiger partial charge is 0.317 e. The number of ether oxygens (including phenoxy) is 1. The molecule has 0 radical (unpaired) electrons. The number of carbonyl (C=O) groups excluding carboxylic acids is 2. The number of carbonyl (C=O) groups is 2. The van der Waals surface area contributed by atoms with Gasteiger partial charge in [-0.05, 0) is 43.3 Å². The first-order valence-corrected chi connectivity index (χ1v) is 8.45. The van der Waals surface area contributed by atoms with Gasteiger partial charge in [0, 0.05) is 15.6 Å². The van der Waals surface area contributed by atoms with E-state index in [1.807, 2.05) is 0 Å². The summed E-state index contributed by atoms with van der Waals surface area (Å²) in [7, 11) is 0. The third kappa shape index (κ3) is 5.54. The molecule has 0 bridgehead atoms. The molecular formula is C17H15ClFNO3S. The summed E-state index contributed by atoms with van der Waals surface area (Å²) in [6.45, 7) is 1.47. The zero-order chi connectivity index (χ0) is 17.5. The van der Waals surface area contributed by atoms with E-state index < -0.39 is 23.8 Å². The van der Waals surface area contributed by atoms with Crippen LogP contribution in [0.3, 0.4) is 0 Å². The van der Waals surface area contributed by atoms with E-state index in [-0.39, 0.29) is 5.75 Å². The number of hydrogen-bond acceptors (Lipinski definition) is 4. The summed E-state index contributed by atoms with van der Waals surface area (Å²) in [4.78, 5) is 24.1. The highest BCUT2D eigenvalue weighted by Crippen LogP contribution is 2.21. The van der Waals surface area contributed by atoms with Gasteiger partial charge in [0.2, 0.25) is 0 Å². The summed E-state index contributed by atoms with van der Waals surface area (Å²) < 4.78 is 18.5. The van der Waals surface area contributed by atoms with Crippen LogP contribution in [0.2, 0.25) is 5.02 Å². The van der Waals surface area contributed by atoms with Gasteiger partial charge < -0.3 is 10.1 Å². The van der Waals surface area contributed by atoms with Gasteiger partial charge in [-0.25, -0.2) is 4.39 Å². The number of hydrogen-bond donors (Lipinski definition) is 1. The van der Waals surface area contributed by atoms with Gasteiger partial charge in [-0.15, -0.1) is 11.8 Å². The Labute approximate surface area is 148 Å². The molecule has 4 nitrogen and oxygen atoms in total. The van der Waals surface area contributed by atoms with E-state index in [1.54, 1.807) is 42.5 Å². The number of esters is 1. The maximum absolute atomic E-state index is 13.5. The van der Waals surface area contributed by atoms with Crippen LogP contribution in [0.4, 0.5) is 10.1 Å². The monoisotopic (exact) mass is 367 g/mol. The minimum absolute atomic E-state index is 0.0838. The molecule has 126 valence electrons. The third-order valence-corrected chi connectivity index (χ3v) is 4.25. The molecule has 2 rings (SSSR count). The van der Waals surface area contributed by atoms with Gasteiger partial charge >= 0.3 is 5.97 Å². The lowest BCUT2D eigenvalue weighted by molar-refractivity contribution is -0.150. The van der Waals surface area contributed by atoms with Crippen molar-refractivity contribution in [1.82, 2.24) is 0 Å². The van der Waals surface area contributed by atoms with Gasteiger partial charge in [0.15, 0.2) is 6.10 Å². The molecular weight excluding hydrogens is 353 g/mol. The molecule has 0 aliphatic heterocycles. The van der Waals surface area contributed by atoms with Gasteiger partial charge in [0.1, 0.15) is 5.82 Å². The van der Waals surface area contributed by atoms with E-state index in [0.717, 1.165) is 11.8 Å². The molecule has 1 amide bonds. The fourth-order valence-electron chi connectivity index (χ4n) is 1.76. The van der Waals surface area contributed by atoms with E-state index in [2.05, 4.69) is 5.32 Å². The van der Waals surface area contributed by atoms with Crippen LogP contribution in [0, 0.1) is 5.82 Å². The van der Waals surface area contributed by atoms with Crippen LogP contribution in [-0.2, 0) is 14.3 Å². The second kappa shape index (κ2) is 8.70. The molecule has 0 aliphatic rings. The van der Waals surface area contributed by atoms with Crippen molar-refractivity contribution < 1.29 is 18.7 Å². The van der Waals surface area contributed by atoms with Crippen LogP contribution in [-0.4, -0.2) is 23.7 Å². The largest absolute Gasteiger partial charge is 0.452 e. The molecule has 1 atom stereocenters. The van der Waals surface area contributed by atoms with Crippen molar-refractivity contribution in [3.8, 4) is 0 Å². The van der Waals surface area contributed by atoms with E-state index in [9.17, 15) is 14.0 Å². The number of benzene rings is 2. The Balaban J connectivity index is 1.81. The number of halogens is 2. The van der Waals surface area contributed by atoms with Crippen molar-refractivity contribution in [2.24, 2.45) is 0 Å². The molecule has 24 heavy (non-hydrogen) atoms. The zero-order valence-electron chi connectivity index (χ0n) is 12.8. The first kappa shape index (κ1) is 18.3. The van der Waals surface area contributed by atoms with Crippen LogP contribution in [0.15, 0.2) is 53.4 Å². The van der Waals surface area contributed by atoms with Gasteiger partial charge in [0.25, 0.3) is 5.91 Å². The van der Waals surface area contributed by atoms with Gasteiger partial charge in [-0.2, -0.15) is 0 Å². The molecule has 0 aliphatic carbocycles. The Morgan fingerprint density at radius 2 is 1.88 bits per heavy atom. The highest BCUT2D eigenvalue weighted by atomic mass is 35.5.